The van der Waals surface area contributed by atoms with Crippen molar-refractivity contribution in [2.75, 3.05) is 52.5 Å². The molecule has 3 aliphatic heterocycles. The van der Waals surface area contributed by atoms with E-state index in [9.17, 15) is 0 Å². The van der Waals surface area contributed by atoms with Gasteiger partial charge in [0.15, 0.2) is 0 Å². The van der Waals surface area contributed by atoms with Crippen LogP contribution in [0.3, 0.4) is 0 Å². The molecule has 4 heterocycles. The molecule has 3 aromatic rings. The third-order valence-electron chi connectivity index (χ3n) is 7.66. The number of nitrogens with zero attached hydrogens (tertiary/aromatic N) is 4. The van der Waals surface area contributed by atoms with Crippen LogP contribution in [0.4, 0.5) is 0 Å². The maximum Gasteiger partial charge on any atom is 0.119 e. The Hall–Kier alpha value is -2.67. The number of imidazole rings is 1. The number of hydrogen-bond acceptors (Lipinski definition) is 5. The van der Waals surface area contributed by atoms with E-state index in [1.165, 1.54) is 36.1 Å². The van der Waals surface area contributed by atoms with Gasteiger partial charge in [-0.2, -0.15) is 0 Å². The molecule has 0 amide bonds. The molecule has 1 aromatic heterocycles. The number of morpholine rings is 1. The van der Waals surface area contributed by atoms with E-state index in [1.54, 1.807) is 0 Å². The Balaban J connectivity index is 1.18. The highest BCUT2D eigenvalue weighted by Crippen LogP contribution is 2.45. The molecule has 3 aliphatic rings. The van der Waals surface area contributed by atoms with Crippen LogP contribution < -0.4 is 4.74 Å². The summed E-state index contributed by atoms with van der Waals surface area (Å²) in [6.07, 6.45) is 9.24. The molecule has 6 heteroatoms. The second-order valence-electron chi connectivity index (χ2n) is 9.71. The normalized spacial score (nSPS) is 22.9. The first-order valence-electron chi connectivity index (χ1n) is 12.7. The van der Waals surface area contributed by atoms with Crippen molar-refractivity contribution in [3.05, 3.63) is 77.9 Å². The van der Waals surface area contributed by atoms with Gasteiger partial charge in [-0.15, -0.1) is 0 Å². The van der Waals surface area contributed by atoms with Crippen molar-refractivity contribution in [2.45, 2.75) is 31.2 Å². The van der Waals surface area contributed by atoms with Crippen LogP contribution in [0.1, 0.15) is 47.9 Å². The fourth-order valence-electron chi connectivity index (χ4n) is 5.86. The summed E-state index contributed by atoms with van der Waals surface area (Å²) in [6.45, 7) is 7.95. The molecule has 178 valence electrons. The molecular formula is C28H34N4O2. The largest absolute Gasteiger partial charge is 0.494 e. The number of hydrogen-bond donors (Lipinski definition) is 0. The second kappa shape index (κ2) is 9.90. The van der Waals surface area contributed by atoms with Crippen molar-refractivity contribution in [2.24, 2.45) is 0 Å². The van der Waals surface area contributed by atoms with Gasteiger partial charge in [0.25, 0.3) is 0 Å². The molecular weight excluding hydrogens is 424 g/mol. The van der Waals surface area contributed by atoms with Crippen LogP contribution in [-0.4, -0.2) is 71.9 Å². The third-order valence-corrected chi connectivity index (χ3v) is 7.66. The van der Waals surface area contributed by atoms with Gasteiger partial charge in [-0.3, -0.25) is 9.80 Å². The summed E-state index contributed by atoms with van der Waals surface area (Å²) in [5.41, 5.74) is 5.48. The number of fused-ring (bicyclic) bond motifs is 3. The maximum absolute atomic E-state index is 6.22. The highest BCUT2D eigenvalue weighted by atomic mass is 16.5. The number of rotatable bonds is 7. The van der Waals surface area contributed by atoms with Crippen LogP contribution in [-0.2, 0) is 4.74 Å². The SMILES string of the molecule is c1cn(-c2ccc(C3CN4CCCC4c4cc(OCCCN5CCOCC5)ccc43)cc2)cn1. The van der Waals surface area contributed by atoms with Crippen LogP contribution in [0.2, 0.25) is 0 Å². The molecule has 0 N–H and O–H groups in total. The lowest BCUT2D eigenvalue weighted by atomic mass is 9.81. The van der Waals surface area contributed by atoms with Gasteiger partial charge in [-0.05, 0) is 66.8 Å². The minimum atomic E-state index is 0.400. The first kappa shape index (κ1) is 21.8. The molecule has 0 bridgehead atoms. The van der Waals surface area contributed by atoms with Gasteiger partial charge in [0, 0.05) is 56.2 Å². The van der Waals surface area contributed by atoms with Crippen LogP contribution in [0, 0.1) is 0 Å². The summed E-state index contributed by atoms with van der Waals surface area (Å²) in [5.74, 6) is 1.42. The summed E-state index contributed by atoms with van der Waals surface area (Å²) >= 11 is 0. The van der Waals surface area contributed by atoms with Gasteiger partial charge in [0.2, 0.25) is 0 Å². The Bertz CT molecular complexity index is 1080. The molecule has 0 radical (unpaired) electrons. The van der Waals surface area contributed by atoms with E-state index in [2.05, 4.69) is 61.8 Å². The highest BCUT2D eigenvalue weighted by Gasteiger charge is 2.36. The van der Waals surface area contributed by atoms with E-state index < -0.39 is 0 Å². The van der Waals surface area contributed by atoms with Gasteiger partial charge in [-0.25, -0.2) is 4.98 Å². The van der Waals surface area contributed by atoms with Crippen LogP contribution >= 0.6 is 0 Å². The van der Waals surface area contributed by atoms with Crippen molar-refractivity contribution < 1.29 is 9.47 Å². The zero-order chi connectivity index (χ0) is 22.7. The average molecular weight is 459 g/mol. The summed E-state index contributed by atoms with van der Waals surface area (Å²) in [7, 11) is 0. The van der Waals surface area contributed by atoms with Crippen molar-refractivity contribution in [1.29, 1.82) is 0 Å². The molecule has 34 heavy (non-hydrogen) atoms. The molecule has 0 saturated carbocycles. The Morgan fingerprint density at radius 2 is 1.88 bits per heavy atom. The minimum absolute atomic E-state index is 0.400. The van der Waals surface area contributed by atoms with Gasteiger partial charge in [0.05, 0.1) is 26.1 Å². The van der Waals surface area contributed by atoms with E-state index in [1.807, 2.05) is 18.7 Å². The zero-order valence-electron chi connectivity index (χ0n) is 19.8. The lowest BCUT2D eigenvalue weighted by Gasteiger charge is -2.37. The molecule has 6 rings (SSSR count). The van der Waals surface area contributed by atoms with Gasteiger partial charge >= 0.3 is 0 Å². The predicted octanol–water partition coefficient (Wildman–Crippen LogP) is 4.26. The second-order valence-corrected chi connectivity index (χ2v) is 9.71. The lowest BCUT2D eigenvalue weighted by molar-refractivity contribution is 0.0358. The maximum atomic E-state index is 6.22. The van der Waals surface area contributed by atoms with E-state index in [0.717, 1.165) is 63.9 Å². The van der Waals surface area contributed by atoms with E-state index in [0.29, 0.717) is 12.0 Å². The third kappa shape index (κ3) is 4.50. The smallest absolute Gasteiger partial charge is 0.119 e. The Kier molecular flexibility index (Phi) is 6.36. The highest BCUT2D eigenvalue weighted by molar-refractivity contribution is 5.48. The number of aromatic nitrogens is 2. The van der Waals surface area contributed by atoms with Crippen LogP contribution in [0.5, 0.6) is 5.75 Å². The van der Waals surface area contributed by atoms with Crippen molar-refractivity contribution in [3.63, 3.8) is 0 Å². The number of ether oxygens (including phenoxy) is 2. The van der Waals surface area contributed by atoms with E-state index >= 15 is 0 Å². The fraction of sp³-hybridized carbons (Fsp3) is 0.464. The summed E-state index contributed by atoms with van der Waals surface area (Å²) in [4.78, 5) is 9.32. The Labute approximate surface area is 202 Å². The summed E-state index contributed by atoms with van der Waals surface area (Å²) < 4.78 is 13.7. The van der Waals surface area contributed by atoms with Gasteiger partial charge < -0.3 is 14.0 Å². The summed E-state index contributed by atoms with van der Waals surface area (Å²) in [5, 5.41) is 0. The molecule has 6 nitrogen and oxygen atoms in total. The zero-order valence-corrected chi connectivity index (χ0v) is 19.8. The molecule has 2 atom stereocenters. The molecule has 0 spiro atoms. The van der Waals surface area contributed by atoms with E-state index in [4.69, 9.17) is 9.47 Å². The fourth-order valence-corrected chi connectivity index (χ4v) is 5.86. The van der Waals surface area contributed by atoms with Gasteiger partial charge in [-0.1, -0.05) is 18.2 Å². The van der Waals surface area contributed by atoms with Crippen LogP contribution in [0.25, 0.3) is 5.69 Å². The molecule has 2 aromatic carbocycles. The van der Waals surface area contributed by atoms with Crippen molar-refractivity contribution >= 4 is 0 Å². The lowest BCUT2D eigenvalue weighted by Crippen LogP contribution is -2.37. The molecule has 0 aliphatic carbocycles. The quantitative estimate of drug-likeness (QED) is 0.495. The standard InChI is InChI=1S/C28H34N4O2/c1-3-28-26-19-24(34-16-2-11-30-14-17-33-18-15-30)8-9-25(26)27(20-31(28)12-1)22-4-6-23(7-5-22)32-13-10-29-21-32/h4-10,13,19,21,27-28H,1-3,11-12,14-18,20H2. The first-order chi connectivity index (χ1) is 16.8. The Morgan fingerprint density at radius 3 is 2.71 bits per heavy atom. The van der Waals surface area contributed by atoms with E-state index in [-0.39, 0.29) is 0 Å². The Morgan fingerprint density at radius 1 is 1.00 bits per heavy atom. The topological polar surface area (TPSA) is 42.8 Å². The van der Waals surface area contributed by atoms with Gasteiger partial charge in [0.1, 0.15) is 5.75 Å². The van der Waals surface area contributed by atoms with Crippen molar-refractivity contribution in [3.8, 4) is 11.4 Å². The summed E-state index contributed by atoms with van der Waals surface area (Å²) in [6, 6.07) is 16.4. The molecule has 2 unspecified atom stereocenters. The van der Waals surface area contributed by atoms with Crippen LogP contribution in [0.15, 0.2) is 61.2 Å². The van der Waals surface area contributed by atoms with Crippen molar-refractivity contribution in [1.82, 2.24) is 19.4 Å². The predicted molar refractivity (Wildman–Crippen MR) is 133 cm³/mol. The number of benzene rings is 2. The first-order valence-corrected chi connectivity index (χ1v) is 12.7. The average Bonchev–Trinajstić information content (AvgIpc) is 3.59. The minimum Gasteiger partial charge on any atom is -0.494 e. The molecule has 2 fully saturated rings. The molecule has 2 saturated heterocycles. The monoisotopic (exact) mass is 458 g/mol.